The van der Waals surface area contributed by atoms with Gasteiger partial charge < -0.3 is 10.1 Å². The van der Waals surface area contributed by atoms with Crippen molar-refractivity contribution >= 4 is 22.3 Å². The van der Waals surface area contributed by atoms with Crippen molar-refractivity contribution in [2.45, 2.75) is 26.3 Å². The Kier molecular flexibility index (Phi) is 5.85. The van der Waals surface area contributed by atoms with Gasteiger partial charge in [0.2, 0.25) is 0 Å². The predicted molar refractivity (Wildman–Crippen MR) is 134 cm³/mol. The smallest absolute Gasteiger partial charge is 0.163 e. The molecule has 2 aromatic carbocycles. The average Bonchev–Trinajstić information content (AvgIpc) is 2.87. The molecule has 5 heteroatoms. The van der Waals surface area contributed by atoms with Crippen molar-refractivity contribution in [3.8, 4) is 11.4 Å². The van der Waals surface area contributed by atoms with Gasteiger partial charge in [-0.25, -0.2) is 9.97 Å². The Morgan fingerprint density at radius 2 is 1.94 bits per heavy atom. The summed E-state index contributed by atoms with van der Waals surface area (Å²) >= 11 is 0. The minimum absolute atomic E-state index is 0.661. The first kappa shape index (κ1) is 20.9. The molecule has 2 aromatic heterocycles. The number of anilines is 1. The van der Waals surface area contributed by atoms with Crippen LogP contribution >= 0.6 is 0 Å². The van der Waals surface area contributed by atoms with Gasteiger partial charge in [-0.2, -0.15) is 0 Å². The SMILES string of the molecule is COC1=CC(c2ccc3nc(-c4cccnc4)nc(NCc4cccc(C)c4)c3c2)=CCC1. The molecule has 5 nitrogen and oxygen atoms in total. The highest BCUT2D eigenvalue weighted by Gasteiger charge is 2.13. The van der Waals surface area contributed by atoms with E-state index in [4.69, 9.17) is 14.7 Å². The molecule has 0 saturated heterocycles. The van der Waals surface area contributed by atoms with Crippen molar-refractivity contribution in [2.75, 3.05) is 12.4 Å². The number of methoxy groups -OCH3 is 1. The highest BCUT2D eigenvalue weighted by atomic mass is 16.5. The molecule has 0 atom stereocenters. The van der Waals surface area contributed by atoms with Crippen molar-refractivity contribution in [3.63, 3.8) is 0 Å². The van der Waals surface area contributed by atoms with Gasteiger partial charge in [0.05, 0.1) is 18.4 Å². The minimum Gasteiger partial charge on any atom is -0.501 e. The van der Waals surface area contributed by atoms with Gasteiger partial charge in [0.1, 0.15) is 5.82 Å². The maximum Gasteiger partial charge on any atom is 0.163 e. The van der Waals surface area contributed by atoms with Crippen molar-refractivity contribution in [1.82, 2.24) is 15.0 Å². The quantitative estimate of drug-likeness (QED) is 0.385. The van der Waals surface area contributed by atoms with Crippen molar-refractivity contribution in [3.05, 3.63) is 102 Å². The van der Waals surface area contributed by atoms with Gasteiger partial charge in [-0.3, -0.25) is 4.98 Å². The Balaban J connectivity index is 1.58. The molecule has 0 unspecified atom stereocenters. The number of hydrogen-bond donors (Lipinski definition) is 1. The van der Waals surface area contributed by atoms with Crippen molar-refractivity contribution < 1.29 is 4.74 Å². The number of aromatic nitrogens is 3. The third kappa shape index (κ3) is 4.62. The first-order chi connectivity index (χ1) is 16.2. The topological polar surface area (TPSA) is 59.9 Å². The third-order valence-electron chi connectivity index (χ3n) is 5.82. The summed E-state index contributed by atoms with van der Waals surface area (Å²) < 4.78 is 5.49. The fourth-order valence-electron chi connectivity index (χ4n) is 4.11. The monoisotopic (exact) mass is 434 g/mol. The Labute approximate surface area is 193 Å². The van der Waals surface area contributed by atoms with E-state index in [0.29, 0.717) is 12.4 Å². The summed E-state index contributed by atoms with van der Waals surface area (Å²) in [6.07, 6.45) is 9.84. The molecular formula is C28H26N4O. The molecule has 0 spiro atoms. The second-order valence-corrected chi connectivity index (χ2v) is 8.22. The Hall–Kier alpha value is -3.99. The molecule has 0 bridgehead atoms. The van der Waals surface area contributed by atoms with Crippen LogP contribution in [0.25, 0.3) is 27.9 Å². The molecular weight excluding hydrogens is 408 g/mol. The number of aryl methyl sites for hydroxylation is 1. The Bertz CT molecular complexity index is 1360. The molecule has 0 amide bonds. The number of ether oxygens (including phenoxy) is 1. The maximum atomic E-state index is 5.49. The van der Waals surface area contributed by atoms with Crippen LogP contribution in [-0.4, -0.2) is 22.1 Å². The molecule has 164 valence electrons. The lowest BCUT2D eigenvalue weighted by molar-refractivity contribution is 0.277. The van der Waals surface area contributed by atoms with E-state index in [1.807, 2.05) is 12.1 Å². The molecule has 0 radical (unpaired) electrons. The van der Waals surface area contributed by atoms with Gasteiger partial charge in [-0.05, 0) is 60.4 Å². The number of fused-ring (bicyclic) bond motifs is 1. The van der Waals surface area contributed by atoms with Crippen LogP contribution in [0, 0.1) is 6.92 Å². The van der Waals surface area contributed by atoms with E-state index in [1.165, 1.54) is 16.7 Å². The lowest BCUT2D eigenvalue weighted by Crippen LogP contribution is -2.05. The van der Waals surface area contributed by atoms with Crippen molar-refractivity contribution in [1.29, 1.82) is 0 Å². The molecule has 2 heterocycles. The number of nitrogens with one attached hydrogen (secondary N) is 1. The molecule has 0 saturated carbocycles. The van der Waals surface area contributed by atoms with Crippen LogP contribution < -0.4 is 5.32 Å². The van der Waals surface area contributed by atoms with Crippen LogP contribution in [0.5, 0.6) is 0 Å². The number of pyridine rings is 1. The summed E-state index contributed by atoms with van der Waals surface area (Å²) in [6, 6.07) is 18.7. The fourth-order valence-corrected chi connectivity index (χ4v) is 4.11. The highest BCUT2D eigenvalue weighted by Crippen LogP contribution is 2.31. The summed E-state index contributed by atoms with van der Waals surface area (Å²) in [7, 11) is 1.73. The van der Waals surface area contributed by atoms with Gasteiger partial charge in [0, 0.05) is 36.3 Å². The summed E-state index contributed by atoms with van der Waals surface area (Å²) in [6.45, 7) is 2.79. The van der Waals surface area contributed by atoms with E-state index in [9.17, 15) is 0 Å². The number of benzene rings is 2. The van der Waals surface area contributed by atoms with Crippen LogP contribution in [0.1, 0.15) is 29.5 Å². The standard InChI is InChI=1S/C28H26N4O/c1-19-6-3-7-20(14-19)17-30-28-25-16-22(21-8-4-10-24(15-21)33-2)11-12-26(25)31-27(32-28)23-9-5-13-29-18-23/h3,5-9,11-16,18H,4,10,17H2,1-2H3,(H,30,31,32). The van der Waals surface area contributed by atoms with Crippen molar-refractivity contribution in [2.24, 2.45) is 0 Å². The Morgan fingerprint density at radius 1 is 1.00 bits per heavy atom. The van der Waals surface area contributed by atoms with E-state index in [1.54, 1.807) is 19.5 Å². The molecule has 0 aliphatic heterocycles. The zero-order valence-corrected chi connectivity index (χ0v) is 18.9. The highest BCUT2D eigenvalue weighted by molar-refractivity contribution is 5.94. The predicted octanol–water partition coefficient (Wildman–Crippen LogP) is 6.32. The van der Waals surface area contributed by atoms with Gasteiger partial charge in [-0.1, -0.05) is 42.0 Å². The molecule has 1 aliphatic rings. The van der Waals surface area contributed by atoms with Gasteiger partial charge in [0.25, 0.3) is 0 Å². The first-order valence-electron chi connectivity index (χ1n) is 11.2. The largest absolute Gasteiger partial charge is 0.501 e. The lowest BCUT2D eigenvalue weighted by atomic mass is 9.97. The normalized spacial score (nSPS) is 13.4. The van der Waals surface area contributed by atoms with Crippen LogP contribution in [0.2, 0.25) is 0 Å². The number of allylic oxidation sites excluding steroid dienone is 4. The molecule has 5 rings (SSSR count). The summed E-state index contributed by atoms with van der Waals surface area (Å²) in [4.78, 5) is 14.0. The average molecular weight is 435 g/mol. The Morgan fingerprint density at radius 3 is 2.76 bits per heavy atom. The van der Waals surface area contributed by atoms with Crippen LogP contribution in [0.4, 0.5) is 5.82 Å². The van der Waals surface area contributed by atoms with Crippen LogP contribution in [0.15, 0.2) is 84.9 Å². The molecule has 1 N–H and O–H groups in total. The van der Waals surface area contributed by atoms with E-state index in [2.05, 4.69) is 71.8 Å². The zero-order valence-electron chi connectivity index (χ0n) is 18.9. The van der Waals surface area contributed by atoms with E-state index < -0.39 is 0 Å². The fraction of sp³-hybridized carbons (Fsp3) is 0.179. The van der Waals surface area contributed by atoms with E-state index in [0.717, 1.165) is 46.4 Å². The van der Waals surface area contributed by atoms with E-state index >= 15 is 0 Å². The number of hydrogen-bond acceptors (Lipinski definition) is 5. The van der Waals surface area contributed by atoms with E-state index in [-0.39, 0.29) is 0 Å². The summed E-state index contributed by atoms with van der Waals surface area (Å²) in [5.74, 6) is 2.48. The van der Waals surface area contributed by atoms with Gasteiger partial charge >= 0.3 is 0 Å². The third-order valence-corrected chi connectivity index (χ3v) is 5.82. The summed E-state index contributed by atoms with van der Waals surface area (Å²) in [5, 5.41) is 4.55. The molecule has 1 aliphatic carbocycles. The lowest BCUT2D eigenvalue weighted by Gasteiger charge is -2.15. The first-order valence-corrected chi connectivity index (χ1v) is 11.2. The molecule has 4 aromatic rings. The minimum atomic E-state index is 0.661. The molecule has 0 fully saturated rings. The van der Waals surface area contributed by atoms with Gasteiger partial charge in [0.15, 0.2) is 5.82 Å². The van der Waals surface area contributed by atoms with Gasteiger partial charge in [-0.15, -0.1) is 0 Å². The van der Waals surface area contributed by atoms with Crippen LogP contribution in [0.3, 0.4) is 0 Å². The summed E-state index contributed by atoms with van der Waals surface area (Å²) in [5.41, 5.74) is 6.54. The number of rotatable bonds is 6. The second kappa shape index (κ2) is 9.25. The molecule has 33 heavy (non-hydrogen) atoms. The number of nitrogens with zero attached hydrogens (tertiary/aromatic N) is 3. The van der Waals surface area contributed by atoms with Crippen LogP contribution in [-0.2, 0) is 11.3 Å². The zero-order chi connectivity index (χ0) is 22.6. The second-order valence-electron chi connectivity index (χ2n) is 8.22. The maximum absolute atomic E-state index is 5.49.